The fraction of sp³-hybridized carbons (Fsp3) is 0.360. The molecule has 0 fully saturated rings. The van der Waals surface area contributed by atoms with Crippen molar-refractivity contribution in [2.24, 2.45) is 0 Å². The molecule has 0 bridgehead atoms. The second-order valence-electron chi connectivity index (χ2n) is 8.00. The Hall–Kier alpha value is -0.275. The number of hydrogen-bond donors (Lipinski definition) is 0. The summed E-state index contributed by atoms with van der Waals surface area (Å²) in [5, 5.41) is 8.60. The summed E-state index contributed by atoms with van der Waals surface area (Å²) in [7, 11) is 0. The van der Waals surface area contributed by atoms with Gasteiger partial charge in [-0.2, -0.15) is 0 Å². The molecular formula is C25H27Rb. The van der Waals surface area contributed by atoms with Crippen molar-refractivity contribution in [2.75, 3.05) is 0 Å². The molecule has 0 saturated heterocycles. The van der Waals surface area contributed by atoms with Crippen LogP contribution in [-0.4, -0.2) is 0 Å². The Morgan fingerprint density at radius 2 is 0.769 bits per heavy atom. The summed E-state index contributed by atoms with van der Waals surface area (Å²) in [6, 6.07) is 3.73. The summed E-state index contributed by atoms with van der Waals surface area (Å²) in [6.07, 6.45) is 0. The second kappa shape index (κ2) is 6.66. The Morgan fingerprint density at radius 3 is 1.27 bits per heavy atom. The van der Waals surface area contributed by atoms with E-state index in [1.165, 1.54) is 82.4 Å². The standard InChI is InChI=1S/C25H27.Rb/c1-11-10-20-14(4)17(7)22-15(5)13(3)16(6)23-19(9)18(8)21(12(11)2)24(20)25(22)23;/h1-9H3;/q-1;+1. The van der Waals surface area contributed by atoms with Crippen molar-refractivity contribution in [1.29, 1.82) is 0 Å². The van der Waals surface area contributed by atoms with E-state index in [-0.39, 0.29) is 58.2 Å². The number of benzene rings is 4. The molecule has 0 N–H and O–H groups in total. The molecule has 4 aromatic carbocycles. The van der Waals surface area contributed by atoms with Crippen molar-refractivity contribution < 1.29 is 58.2 Å². The summed E-state index contributed by atoms with van der Waals surface area (Å²) >= 11 is 0. The summed E-state index contributed by atoms with van der Waals surface area (Å²) in [6.45, 7) is 20.5. The van der Waals surface area contributed by atoms with Gasteiger partial charge in [0.25, 0.3) is 0 Å². The molecule has 1 heteroatoms. The molecule has 0 unspecified atom stereocenters. The smallest absolute Gasteiger partial charge is 0.139 e. The molecule has 0 aromatic heterocycles. The van der Waals surface area contributed by atoms with Crippen LogP contribution in [-0.2, 0) is 0 Å². The quantitative estimate of drug-likeness (QED) is 0.300. The van der Waals surface area contributed by atoms with Crippen LogP contribution in [0.2, 0.25) is 0 Å². The predicted octanol–water partition coefficient (Wildman–Crippen LogP) is 4.16. The van der Waals surface area contributed by atoms with E-state index in [1.807, 2.05) is 0 Å². The number of aryl methyl sites for hydroxylation is 8. The Bertz CT molecular complexity index is 1180. The molecule has 0 aliphatic heterocycles. The van der Waals surface area contributed by atoms with E-state index < -0.39 is 0 Å². The van der Waals surface area contributed by atoms with Gasteiger partial charge in [-0.3, -0.25) is 0 Å². The maximum absolute atomic E-state index is 3.73. The molecule has 0 heterocycles. The average molecular weight is 413 g/mol. The van der Waals surface area contributed by atoms with Crippen molar-refractivity contribution in [3.05, 3.63) is 56.1 Å². The van der Waals surface area contributed by atoms with Crippen molar-refractivity contribution >= 4 is 32.3 Å². The van der Waals surface area contributed by atoms with Gasteiger partial charge < -0.3 is 0 Å². The summed E-state index contributed by atoms with van der Waals surface area (Å²) < 4.78 is 0. The Labute approximate surface area is 206 Å². The SMILES string of the molecule is Cc1[c-]c2c(C)c(C)c3c(C)c(C)c(C)c4c(C)c(C)c(c1C)c2c34.[Rb+]. The van der Waals surface area contributed by atoms with Crippen molar-refractivity contribution in [3.63, 3.8) is 0 Å². The van der Waals surface area contributed by atoms with Crippen molar-refractivity contribution in [1.82, 2.24) is 0 Å². The number of hydrogen-bond acceptors (Lipinski definition) is 0. The van der Waals surface area contributed by atoms with Gasteiger partial charge in [-0.25, -0.2) is 0 Å². The summed E-state index contributed by atoms with van der Waals surface area (Å²) in [5.41, 5.74) is 12.7. The zero-order chi connectivity index (χ0) is 18.4. The molecule has 4 rings (SSSR count). The molecule has 0 amide bonds. The van der Waals surface area contributed by atoms with Gasteiger partial charge in [0.15, 0.2) is 0 Å². The molecule has 0 aliphatic carbocycles. The van der Waals surface area contributed by atoms with E-state index in [9.17, 15) is 0 Å². The Kier molecular flexibility index (Phi) is 5.24. The molecular weight excluding hydrogens is 386 g/mol. The first kappa shape index (κ1) is 20.5. The van der Waals surface area contributed by atoms with Crippen LogP contribution in [0.4, 0.5) is 0 Å². The van der Waals surface area contributed by atoms with E-state index in [4.69, 9.17) is 0 Å². The molecule has 0 radical (unpaired) electrons. The van der Waals surface area contributed by atoms with Crippen molar-refractivity contribution in [3.8, 4) is 0 Å². The van der Waals surface area contributed by atoms with E-state index in [2.05, 4.69) is 68.4 Å². The van der Waals surface area contributed by atoms with Crippen LogP contribution in [0.3, 0.4) is 0 Å². The fourth-order valence-corrected chi connectivity index (χ4v) is 4.94. The molecule has 0 nitrogen and oxygen atoms in total. The van der Waals surface area contributed by atoms with Crippen LogP contribution in [0.5, 0.6) is 0 Å². The Balaban J connectivity index is 0.00000196. The molecule has 0 atom stereocenters. The van der Waals surface area contributed by atoms with E-state index >= 15 is 0 Å². The summed E-state index contributed by atoms with van der Waals surface area (Å²) in [5.74, 6) is 0. The minimum atomic E-state index is 0. The third-order valence-corrected chi connectivity index (χ3v) is 7.00. The van der Waals surface area contributed by atoms with Crippen LogP contribution < -0.4 is 58.2 Å². The topological polar surface area (TPSA) is 0 Å². The summed E-state index contributed by atoms with van der Waals surface area (Å²) in [4.78, 5) is 0. The maximum atomic E-state index is 3.73. The van der Waals surface area contributed by atoms with Crippen molar-refractivity contribution in [2.45, 2.75) is 62.3 Å². The third-order valence-electron chi connectivity index (χ3n) is 7.00. The minimum absolute atomic E-state index is 0. The van der Waals surface area contributed by atoms with Gasteiger partial charge in [-0.1, -0.05) is 42.7 Å². The predicted molar refractivity (Wildman–Crippen MR) is 112 cm³/mol. The minimum Gasteiger partial charge on any atom is -0.139 e. The van der Waals surface area contributed by atoms with Crippen LogP contribution >= 0.6 is 0 Å². The van der Waals surface area contributed by atoms with Crippen LogP contribution in [0.1, 0.15) is 50.1 Å². The fourth-order valence-electron chi connectivity index (χ4n) is 4.94. The molecule has 0 spiro atoms. The van der Waals surface area contributed by atoms with Gasteiger partial charge in [0, 0.05) is 0 Å². The monoisotopic (exact) mass is 412 g/mol. The average Bonchev–Trinajstić information content (AvgIpc) is 2.57. The molecule has 4 aromatic rings. The van der Waals surface area contributed by atoms with Crippen LogP contribution in [0.15, 0.2) is 0 Å². The molecule has 0 saturated carbocycles. The molecule has 0 aliphatic rings. The van der Waals surface area contributed by atoms with E-state index in [1.54, 1.807) is 0 Å². The Morgan fingerprint density at radius 1 is 0.385 bits per heavy atom. The van der Waals surface area contributed by atoms with Gasteiger partial charge in [-0.05, 0) is 80.0 Å². The zero-order valence-electron chi connectivity index (χ0n) is 18.0. The van der Waals surface area contributed by atoms with Gasteiger partial charge in [0.05, 0.1) is 0 Å². The van der Waals surface area contributed by atoms with E-state index in [0.717, 1.165) is 0 Å². The first-order valence-electron chi connectivity index (χ1n) is 9.25. The van der Waals surface area contributed by atoms with Crippen LogP contribution in [0, 0.1) is 68.4 Å². The first-order chi connectivity index (χ1) is 11.7. The largest absolute Gasteiger partial charge is 1.00 e. The second-order valence-corrected chi connectivity index (χ2v) is 8.00. The van der Waals surface area contributed by atoms with Gasteiger partial charge in [-0.15, -0.1) is 28.1 Å². The third kappa shape index (κ3) is 2.38. The molecule has 26 heavy (non-hydrogen) atoms. The zero-order valence-corrected chi connectivity index (χ0v) is 22.9. The van der Waals surface area contributed by atoms with Gasteiger partial charge >= 0.3 is 58.2 Å². The normalized spacial score (nSPS) is 11.7. The van der Waals surface area contributed by atoms with Gasteiger partial charge in [0.1, 0.15) is 0 Å². The van der Waals surface area contributed by atoms with Crippen LogP contribution in [0.25, 0.3) is 32.3 Å². The van der Waals surface area contributed by atoms with E-state index in [0.29, 0.717) is 0 Å². The molecule has 128 valence electrons. The maximum Gasteiger partial charge on any atom is 1.00 e. The first-order valence-corrected chi connectivity index (χ1v) is 9.25. The number of rotatable bonds is 0. The van der Waals surface area contributed by atoms with Gasteiger partial charge in [0.2, 0.25) is 0 Å².